The average Bonchev–Trinajstić information content (AvgIpc) is 2.74. The molecular formula is C13H19NaO6S2. The van der Waals surface area contributed by atoms with Gasteiger partial charge in [-0.05, 0) is 12.3 Å². The SMILES string of the molecule is CC(C)C(CCOC1COc2cscc2OC1)S(=O)(=O)[O-].[Na+]. The number of ether oxygens (including phenoxy) is 3. The molecule has 0 N–H and O–H groups in total. The molecule has 0 aromatic carbocycles. The first-order chi connectivity index (χ1) is 9.88. The molecule has 22 heavy (non-hydrogen) atoms. The number of thiophene rings is 1. The first kappa shape index (κ1) is 20.2. The van der Waals surface area contributed by atoms with Crippen molar-refractivity contribution in [2.45, 2.75) is 31.6 Å². The Morgan fingerprint density at radius 3 is 2.32 bits per heavy atom. The van der Waals surface area contributed by atoms with Gasteiger partial charge in [-0.25, -0.2) is 8.42 Å². The molecule has 0 amide bonds. The van der Waals surface area contributed by atoms with E-state index in [0.29, 0.717) is 24.7 Å². The predicted molar refractivity (Wildman–Crippen MR) is 78.0 cm³/mol. The Bertz CT molecular complexity index is 534. The van der Waals surface area contributed by atoms with E-state index in [2.05, 4.69) is 0 Å². The zero-order chi connectivity index (χ0) is 15.5. The van der Waals surface area contributed by atoms with E-state index in [1.54, 1.807) is 13.8 Å². The van der Waals surface area contributed by atoms with Crippen LogP contribution in [-0.2, 0) is 14.9 Å². The van der Waals surface area contributed by atoms with E-state index < -0.39 is 15.4 Å². The van der Waals surface area contributed by atoms with Crippen molar-refractivity contribution >= 4 is 21.5 Å². The summed E-state index contributed by atoms with van der Waals surface area (Å²) in [5.74, 6) is 1.17. The monoisotopic (exact) mass is 358 g/mol. The molecule has 1 aromatic heterocycles. The van der Waals surface area contributed by atoms with Gasteiger partial charge in [0, 0.05) is 17.4 Å². The first-order valence-electron chi connectivity index (χ1n) is 6.76. The van der Waals surface area contributed by atoms with Crippen LogP contribution in [0, 0.1) is 5.92 Å². The van der Waals surface area contributed by atoms with Crippen molar-refractivity contribution < 1.29 is 56.7 Å². The second kappa shape index (κ2) is 8.86. The van der Waals surface area contributed by atoms with Gasteiger partial charge in [-0.15, -0.1) is 11.3 Å². The van der Waals surface area contributed by atoms with Crippen molar-refractivity contribution in [1.29, 1.82) is 0 Å². The Hall–Kier alpha value is 0.170. The summed E-state index contributed by atoms with van der Waals surface area (Å²) in [6, 6.07) is 0. The zero-order valence-electron chi connectivity index (χ0n) is 13.0. The van der Waals surface area contributed by atoms with Crippen LogP contribution in [0.3, 0.4) is 0 Å². The second-order valence-electron chi connectivity index (χ2n) is 5.28. The van der Waals surface area contributed by atoms with Crippen LogP contribution in [0.25, 0.3) is 0 Å². The molecular weight excluding hydrogens is 339 g/mol. The summed E-state index contributed by atoms with van der Waals surface area (Å²) >= 11 is 1.50. The minimum absolute atomic E-state index is 0. The molecule has 1 aliphatic heterocycles. The zero-order valence-corrected chi connectivity index (χ0v) is 16.6. The van der Waals surface area contributed by atoms with Gasteiger partial charge in [0.2, 0.25) is 0 Å². The molecule has 2 heterocycles. The van der Waals surface area contributed by atoms with Crippen molar-refractivity contribution in [2.24, 2.45) is 5.92 Å². The summed E-state index contributed by atoms with van der Waals surface area (Å²) in [6.07, 6.45) is -0.0918. The fourth-order valence-corrected chi connectivity index (χ4v) is 3.89. The molecule has 120 valence electrons. The molecule has 1 atom stereocenters. The molecule has 0 radical (unpaired) electrons. The maximum atomic E-state index is 11.2. The van der Waals surface area contributed by atoms with E-state index in [-0.39, 0.29) is 54.6 Å². The molecule has 9 heteroatoms. The number of fused-ring (bicyclic) bond motifs is 1. The first-order valence-corrected chi connectivity index (χ1v) is 9.17. The van der Waals surface area contributed by atoms with Crippen LogP contribution in [0.5, 0.6) is 11.5 Å². The van der Waals surface area contributed by atoms with Crippen molar-refractivity contribution in [3.63, 3.8) is 0 Å². The van der Waals surface area contributed by atoms with Crippen LogP contribution in [0.2, 0.25) is 0 Å². The van der Waals surface area contributed by atoms with Crippen molar-refractivity contribution in [2.75, 3.05) is 19.8 Å². The molecule has 0 saturated carbocycles. The van der Waals surface area contributed by atoms with E-state index in [1.165, 1.54) is 11.3 Å². The Morgan fingerprint density at radius 1 is 1.32 bits per heavy atom. The van der Waals surface area contributed by atoms with Gasteiger partial charge in [-0.1, -0.05) is 13.8 Å². The Balaban J connectivity index is 0.00000242. The normalized spacial score (nSPS) is 16.9. The Kier molecular flexibility index (Phi) is 8.15. The number of rotatable bonds is 6. The summed E-state index contributed by atoms with van der Waals surface area (Å²) < 4.78 is 50.2. The Labute approximate surface area is 157 Å². The molecule has 0 bridgehead atoms. The van der Waals surface area contributed by atoms with Gasteiger partial charge in [0.25, 0.3) is 0 Å². The van der Waals surface area contributed by atoms with E-state index in [0.717, 1.165) is 0 Å². The molecule has 0 saturated heterocycles. The predicted octanol–water partition coefficient (Wildman–Crippen LogP) is -1.13. The molecule has 2 rings (SSSR count). The third kappa shape index (κ3) is 5.67. The van der Waals surface area contributed by atoms with Crippen LogP contribution < -0.4 is 39.0 Å². The van der Waals surface area contributed by atoms with E-state index in [1.807, 2.05) is 10.8 Å². The van der Waals surface area contributed by atoms with Crippen molar-refractivity contribution in [3.05, 3.63) is 10.8 Å². The molecule has 6 nitrogen and oxygen atoms in total. The summed E-state index contributed by atoms with van der Waals surface area (Å²) in [7, 11) is -4.30. The average molecular weight is 358 g/mol. The van der Waals surface area contributed by atoms with Crippen molar-refractivity contribution in [3.8, 4) is 11.5 Å². The third-order valence-electron chi connectivity index (χ3n) is 3.31. The number of hydrogen-bond acceptors (Lipinski definition) is 7. The molecule has 1 aliphatic rings. The molecule has 1 aromatic rings. The standard InChI is InChI=1S/C13H20O6S2.Na/c1-9(2)13(21(14,15)16)3-4-17-10-5-18-11-7-20-8-12(11)19-6-10;/h7-10,13H,3-6H2,1-2H3,(H,14,15,16);/q;+1/p-1. The van der Waals surface area contributed by atoms with Crippen LogP contribution in [0.4, 0.5) is 0 Å². The van der Waals surface area contributed by atoms with E-state index in [9.17, 15) is 13.0 Å². The van der Waals surface area contributed by atoms with E-state index in [4.69, 9.17) is 14.2 Å². The minimum Gasteiger partial charge on any atom is -0.748 e. The molecule has 0 aliphatic carbocycles. The van der Waals surface area contributed by atoms with Crippen LogP contribution in [-0.4, -0.2) is 44.1 Å². The Morgan fingerprint density at radius 2 is 1.86 bits per heavy atom. The quantitative estimate of drug-likeness (QED) is 0.473. The fourth-order valence-electron chi connectivity index (χ4n) is 2.16. The summed E-state index contributed by atoms with van der Waals surface area (Å²) in [4.78, 5) is 0. The van der Waals surface area contributed by atoms with Gasteiger partial charge in [-0.2, -0.15) is 0 Å². The van der Waals surface area contributed by atoms with Crippen LogP contribution in [0.15, 0.2) is 10.8 Å². The number of hydrogen-bond donors (Lipinski definition) is 0. The maximum absolute atomic E-state index is 11.2. The third-order valence-corrected chi connectivity index (χ3v) is 5.53. The van der Waals surface area contributed by atoms with Gasteiger partial charge < -0.3 is 18.8 Å². The van der Waals surface area contributed by atoms with E-state index >= 15 is 0 Å². The maximum Gasteiger partial charge on any atom is 1.00 e. The second-order valence-corrected chi connectivity index (χ2v) is 7.61. The van der Waals surface area contributed by atoms with Gasteiger partial charge in [0.15, 0.2) is 11.5 Å². The summed E-state index contributed by atoms with van der Waals surface area (Å²) in [6.45, 7) is 4.32. The van der Waals surface area contributed by atoms with Gasteiger partial charge in [-0.3, -0.25) is 0 Å². The summed E-state index contributed by atoms with van der Waals surface area (Å²) in [5.41, 5.74) is 0. The van der Waals surface area contributed by atoms with Crippen molar-refractivity contribution in [1.82, 2.24) is 0 Å². The van der Waals surface area contributed by atoms with Gasteiger partial charge in [0.05, 0.1) is 15.4 Å². The fraction of sp³-hybridized carbons (Fsp3) is 0.692. The van der Waals surface area contributed by atoms with Gasteiger partial charge >= 0.3 is 29.6 Å². The molecule has 0 spiro atoms. The van der Waals surface area contributed by atoms with Crippen LogP contribution >= 0.6 is 11.3 Å². The minimum atomic E-state index is -4.30. The van der Waals surface area contributed by atoms with Crippen LogP contribution in [0.1, 0.15) is 20.3 Å². The molecule has 1 unspecified atom stereocenters. The smallest absolute Gasteiger partial charge is 0.748 e. The largest absolute Gasteiger partial charge is 1.00 e. The summed E-state index contributed by atoms with van der Waals surface area (Å²) in [5, 5.41) is 2.79. The van der Waals surface area contributed by atoms with Gasteiger partial charge in [0.1, 0.15) is 19.3 Å². The molecule has 0 fully saturated rings. The topological polar surface area (TPSA) is 84.9 Å².